The molecule has 0 saturated carbocycles. The Kier molecular flexibility index (Phi) is 7.76. The SMILES string of the molecule is CC(C)C(NC(=O)C1CCCN1C(=O)C(CO)NC(=O)C1CCCN1)C(=O)O. The summed E-state index contributed by atoms with van der Waals surface area (Å²) in [6.07, 6.45) is 2.52. The molecule has 2 aliphatic rings. The van der Waals surface area contributed by atoms with Crippen LogP contribution in [0, 0.1) is 5.92 Å². The third-order valence-corrected chi connectivity index (χ3v) is 5.24. The van der Waals surface area contributed by atoms with Crippen LogP contribution < -0.4 is 16.0 Å². The van der Waals surface area contributed by atoms with Crippen molar-refractivity contribution >= 4 is 23.7 Å². The molecule has 2 fully saturated rings. The van der Waals surface area contributed by atoms with Crippen LogP contribution in [0.4, 0.5) is 0 Å². The summed E-state index contributed by atoms with van der Waals surface area (Å²) in [5.74, 6) is -2.87. The number of aliphatic carboxylic acids is 1. The van der Waals surface area contributed by atoms with E-state index >= 15 is 0 Å². The van der Waals surface area contributed by atoms with E-state index in [4.69, 9.17) is 0 Å². The van der Waals surface area contributed by atoms with Crippen LogP contribution in [0.1, 0.15) is 39.5 Å². The van der Waals surface area contributed by atoms with E-state index in [0.29, 0.717) is 25.8 Å². The van der Waals surface area contributed by atoms with Gasteiger partial charge in [0.05, 0.1) is 12.6 Å². The summed E-state index contributed by atoms with van der Waals surface area (Å²) in [7, 11) is 0. The van der Waals surface area contributed by atoms with E-state index in [1.165, 1.54) is 4.90 Å². The topological polar surface area (TPSA) is 148 Å². The van der Waals surface area contributed by atoms with Gasteiger partial charge >= 0.3 is 5.97 Å². The Hall–Kier alpha value is -2.20. The monoisotopic (exact) mass is 398 g/mol. The van der Waals surface area contributed by atoms with Crippen LogP contribution in [0.25, 0.3) is 0 Å². The van der Waals surface area contributed by atoms with Gasteiger partial charge in [0.2, 0.25) is 17.7 Å². The molecule has 10 heteroatoms. The first-order valence-electron chi connectivity index (χ1n) is 9.74. The number of carbonyl (C=O) groups is 4. The molecule has 0 radical (unpaired) electrons. The molecule has 0 aromatic rings. The molecule has 0 aromatic carbocycles. The molecule has 158 valence electrons. The number of aliphatic hydroxyl groups is 1. The van der Waals surface area contributed by atoms with E-state index < -0.39 is 42.5 Å². The van der Waals surface area contributed by atoms with Crippen molar-refractivity contribution in [2.75, 3.05) is 19.7 Å². The molecule has 0 bridgehead atoms. The van der Waals surface area contributed by atoms with Crippen LogP contribution in [-0.2, 0) is 19.2 Å². The van der Waals surface area contributed by atoms with E-state index in [1.807, 2.05) is 0 Å². The molecule has 0 aliphatic carbocycles. The van der Waals surface area contributed by atoms with Gasteiger partial charge in [-0.2, -0.15) is 0 Å². The molecule has 0 spiro atoms. The maximum Gasteiger partial charge on any atom is 0.326 e. The third-order valence-electron chi connectivity index (χ3n) is 5.24. The number of amides is 3. The number of likely N-dealkylation sites (tertiary alicyclic amines) is 1. The van der Waals surface area contributed by atoms with Crippen LogP contribution in [0.2, 0.25) is 0 Å². The minimum atomic E-state index is -1.14. The molecule has 2 rings (SSSR count). The van der Waals surface area contributed by atoms with Crippen molar-refractivity contribution in [2.45, 2.75) is 63.7 Å². The second-order valence-corrected chi connectivity index (χ2v) is 7.65. The first-order chi connectivity index (χ1) is 13.3. The van der Waals surface area contributed by atoms with E-state index in [9.17, 15) is 29.4 Å². The molecule has 2 saturated heterocycles. The highest BCUT2D eigenvalue weighted by molar-refractivity contribution is 5.94. The number of hydrogen-bond acceptors (Lipinski definition) is 6. The lowest BCUT2D eigenvalue weighted by Gasteiger charge is -2.29. The molecule has 2 aliphatic heterocycles. The van der Waals surface area contributed by atoms with Gasteiger partial charge in [0.25, 0.3) is 0 Å². The molecule has 4 atom stereocenters. The maximum absolute atomic E-state index is 12.8. The molecule has 2 heterocycles. The number of aliphatic hydroxyl groups excluding tert-OH is 1. The van der Waals surface area contributed by atoms with Gasteiger partial charge in [0, 0.05) is 6.54 Å². The molecule has 3 amide bonds. The largest absolute Gasteiger partial charge is 0.480 e. The number of hydrogen-bond donors (Lipinski definition) is 5. The average Bonchev–Trinajstić information content (AvgIpc) is 3.34. The smallest absolute Gasteiger partial charge is 0.326 e. The summed E-state index contributed by atoms with van der Waals surface area (Å²) in [5.41, 5.74) is 0. The Morgan fingerprint density at radius 1 is 1.11 bits per heavy atom. The predicted molar refractivity (Wildman–Crippen MR) is 99.2 cm³/mol. The van der Waals surface area contributed by atoms with Gasteiger partial charge in [0.15, 0.2) is 0 Å². The first-order valence-corrected chi connectivity index (χ1v) is 9.74. The number of carbonyl (C=O) groups excluding carboxylic acids is 3. The van der Waals surface area contributed by atoms with Crippen LogP contribution >= 0.6 is 0 Å². The molecular weight excluding hydrogens is 368 g/mol. The van der Waals surface area contributed by atoms with Gasteiger partial charge in [-0.05, 0) is 38.1 Å². The van der Waals surface area contributed by atoms with Crippen molar-refractivity contribution in [3.63, 3.8) is 0 Å². The van der Waals surface area contributed by atoms with Crippen molar-refractivity contribution in [1.29, 1.82) is 0 Å². The summed E-state index contributed by atoms with van der Waals surface area (Å²) in [5, 5.41) is 26.9. The minimum Gasteiger partial charge on any atom is -0.480 e. The van der Waals surface area contributed by atoms with Gasteiger partial charge in [-0.3, -0.25) is 14.4 Å². The number of carboxylic acids is 1. The number of rotatable bonds is 8. The van der Waals surface area contributed by atoms with Crippen LogP contribution in [0.5, 0.6) is 0 Å². The van der Waals surface area contributed by atoms with Crippen molar-refractivity contribution in [3.05, 3.63) is 0 Å². The minimum absolute atomic E-state index is 0.310. The van der Waals surface area contributed by atoms with Gasteiger partial charge in [-0.25, -0.2) is 4.79 Å². The number of carboxylic acid groups (broad SMARTS) is 1. The summed E-state index contributed by atoms with van der Waals surface area (Å²) < 4.78 is 0. The molecule has 28 heavy (non-hydrogen) atoms. The van der Waals surface area contributed by atoms with Gasteiger partial charge < -0.3 is 31.1 Å². The quantitative estimate of drug-likeness (QED) is 0.332. The first kappa shape index (κ1) is 22.1. The van der Waals surface area contributed by atoms with Crippen LogP contribution in [0.3, 0.4) is 0 Å². The maximum atomic E-state index is 12.8. The Balaban J connectivity index is 2.02. The second-order valence-electron chi connectivity index (χ2n) is 7.65. The Morgan fingerprint density at radius 2 is 1.82 bits per heavy atom. The molecule has 5 N–H and O–H groups in total. The zero-order chi connectivity index (χ0) is 20.8. The number of nitrogens with one attached hydrogen (secondary N) is 3. The highest BCUT2D eigenvalue weighted by atomic mass is 16.4. The van der Waals surface area contributed by atoms with Gasteiger partial charge in [-0.1, -0.05) is 13.8 Å². The average molecular weight is 398 g/mol. The van der Waals surface area contributed by atoms with Crippen molar-refractivity contribution in [1.82, 2.24) is 20.9 Å². The standard InChI is InChI=1S/C18H30N4O6/c1-10(2)14(18(27)28)21-16(25)13-6-4-8-22(13)17(26)12(9-23)20-15(24)11-5-3-7-19-11/h10-14,19,23H,3-9H2,1-2H3,(H,20,24)(H,21,25)(H,27,28). The van der Waals surface area contributed by atoms with E-state index in [0.717, 1.165) is 13.0 Å². The van der Waals surface area contributed by atoms with Gasteiger partial charge in [0.1, 0.15) is 18.1 Å². The van der Waals surface area contributed by atoms with Crippen molar-refractivity contribution in [3.8, 4) is 0 Å². The highest BCUT2D eigenvalue weighted by Crippen LogP contribution is 2.19. The fraction of sp³-hybridized carbons (Fsp3) is 0.778. The Morgan fingerprint density at radius 3 is 2.36 bits per heavy atom. The molecule has 0 aromatic heterocycles. The Labute approximate surface area is 164 Å². The highest BCUT2D eigenvalue weighted by Gasteiger charge is 2.39. The zero-order valence-electron chi connectivity index (χ0n) is 16.3. The molecule has 10 nitrogen and oxygen atoms in total. The molecule has 4 unspecified atom stereocenters. The lowest BCUT2D eigenvalue weighted by molar-refractivity contribution is -0.146. The third kappa shape index (κ3) is 5.20. The molecular formula is C18H30N4O6. The normalized spacial score (nSPS) is 24.1. The lowest BCUT2D eigenvalue weighted by Crippen LogP contribution is -2.58. The predicted octanol–water partition coefficient (Wildman–Crippen LogP) is -1.57. The number of nitrogens with zero attached hydrogens (tertiary/aromatic N) is 1. The van der Waals surface area contributed by atoms with Crippen molar-refractivity contribution < 1.29 is 29.4 Å². The fourth-order valence-electron chi connectivity index (χ4n) is 3.63. The van der Waals surface area contributed by atoms with Crippen molar-refractivity contribution in [2.24, 2.45) is 5.92 Å². The zero-order valence-corrected chi connectivity index (χ0v) is 16.3. The van der Waals surface area contributed by atoms with Gasteiger partial charge in [-0.15, -0.1) is 0 Å². The van der Waals surface area contributed by atoms with E-state index in [-0.39, 0.29) is 17.9 Å². The Bertz CT molecular complexity index is 605. The van der Waals surface area contributed by atoms with E-state index in [1.54, 1.807) is 13.8 Å². The summed E-state index contributed by atoms with van der Waals surface area (Å²) >= 11 is 0. The van der Waals surface area contributed by atoms with E-state index in [2.05, 4.69) is 16.0 Å². The summed E-state index contributed by atoms with van der Waals surface area (Å²) in [4.78, 5) is 50.3. The second kappa shape index (κ2) is 9.83. The fourth-order valence-corrected chi connectivity index (χ4v) is 3.63. The van der Waals surface area contributed by atoms with Crippen LogP contribution in [0.15, 0.2) is 0 Å². The van der Waals surface area contributed by atoms with Crippen LogP contribution in [-0.4, -0.2) is 82.7 Å². The summed E-state index contributed by atoms with van der Waals surface area (Å²) in [6, 6.07) is -3.39. The lowest BCUT2D eigenvalue weighted by atomic mass is 10.0. The summed E-state index contributed by atoms with van der Waals surface area (Å²) in [6.45, 7) is 3.83.